The second-order valence-corrected chi connectivity index (χ2v) is 7.27. The summed E-state index contributed by atoms with van der Waals surface area (Å²) in [6.07, 6.45) is 3.25. The number of amides is 1. The van der Waals surface area contributed by atoms with Crippen LogP contribution < -0.4 is 10.6 Å². The molecule has 0 aliphatic carbocycles. The number of aromatic amines is 1. The first kappa shape index (κ1) is 16.5. The lowest BCUT2D eigenvalue weighted by Crippen LogP contribution is -2.40. The van der Waals surface area contributed by atoms with Crippen molar-refractivity contribution in [1.29, 1.82) is 0 Å². The Labute approximate surface area is 138 Å². The van der Waals surface area contributed by atoms with Crippen molar-refractivity contribution in [1.82, 2.24) is 25.7 Å². The van der Waals surface area contributed by atoms with Crippen LogP contribution in [0.15, 0.2) is 0 Å². The Morgan fingerprint density at radius 3 is 2.91 bits per heavy atom. The van der Waals surface area contributed by atoms with Crippen molar-refractivity contribution < 1.29 is 4.79 Å². The number of carbonyl (C=O) groups is 1. The lowest BCUT2D eigenvalue weighted by molar-refractivity contribution is 0.0941. The van der Waals surface area contributed by atoms with E-state index in [4.69, 9.17) is 0 Å². The highest BCUT2D eigenvalue weighted by atomic mass is 16.1. The number of rotatable bonds is 5. The molecule has 0 saturated carbocycles. The van der Waals surface area contributed by atoms with Gasteiger partial charge in [0.1, 0.15) is 0 Å². The summed E-state index contributed by atoms with van der Waals surface area (Å²) in [5.41, 5.74) is 2.70. The summed E-state index contributed by atoms with van der Waals surface area (Å²) in [4.78, 5) is 14.8. The van der Waals surface area contributed by atoms with Crippen molar-refractivity contribution in [2.24, 2.45) is 11.8 Å². The largest absolute Gasteiger partial charge is 0.351 e. The number of carbonyl (C=O) groups excluding carboxylic acids is 1. The van der Waals surface area contributed by atoms with Gasteiger partial charge < -0.3 is 15.5 Å². The summed E-state index contributed by atoms with van der Waals surface area (Å²) in [6.45, 7) is 10.5. The molecule has 2 unspecified atom stereocenters. The summed E-state index contributed by atoms with van der Waals surface area (Å²) in [7, 11) is 0. The highest BCUT2D eigenvalue weighted by Crippen LogP contribution is 2.20. The Balaban J connectivity index is 1.42. The number of hydrogen-bond donors (Lipinski definition) is 3. The van der Waals surface area contributed by atoms with Gasteiger partial charge in [-0.05, 0) is 31.2 Å². The molecule has 3 heterocycles. The number of fused-ring (bicyclic) bond motifs is 1. The van der Waals surface area contributed by atoms with Crippen LogP contribution in [-0.2, 0) is 13.0 Å². The second-order valence-electron chi connectivity index (χ2n) is 7.27. The molecule has 0 bridgehead atoms. The maximum atomic E-state index is 12.3. The molecule has 6 heteroatoms. The number of H-pyrrole nitrogens is 1. The predicted octanol–water partition coefficient (Wildman–Crippen LogP) is 1.15. The maximum Gasteiger partial charge on any atom is 0.272 e. The van der Waals surface area contributed by atoms with Gasteiger partial charge in [-0.15, -0.1) is 0 Å². The first-order valence-corrected chi connectivity index (χ1v) is 8.91. The lowest BCUT2D eigenvalue weighted by atomic mass is 9.92. The molecule has 1 aromatic heterocycles. The third kappa shape index (κ3) is 4.12. The standard InChI is InChI=1S/C17H29N5O/c1-12-8-13(2)11-22(10-12)7-3-5-19-17(23)16-14-9-18-6-4-15(14)20-21-16/h12-13,18H,3-11H2,1-2H3,(H,19,23)(H,20,21). The van der Waals surface area contributed by atoms with E-state index in [1.165, 1.54) is 19.5 Å². The fraction of sp³-hybridized carbons (Fsp3) is 0.765. The van der Waals surface area contributed by atoms with E-state index in [9.17, 15) is 4.79 Å². The molecule has 1 fully saturated rings. The zero-order valence-electron chi connectivity index (χ0n) is 14.3. The van der Waals surface area contributed by atoms with E-state index in [0.717, 1.165) is 55.6 Å². The minimum atomic E-state index is -0.0495. The predicted molar refractivity (Wildman–Crippen MR) is 90.3 cm³/mol. The van der Waals surface area contributed by atoms with Crippen LogP contribution in [0.25, 0.3) is 0 Å². The topological polar surface area (TPSA) is 73.0 Å². The van der Waals surface area contributed by atoms with Gasteiger partial charge in [0.2, 0.25) is 0 Å². The minimum absolute atomic E-state index is 0.0495. The molecule has 1 saturated heterocycles. The van der Waals surface area contributed by atoms with Gasteiger partial charge in [0, 0.05) is 50.4 Å². The van der Waals surface area contributed by atoms with Crippen molar-refractivity contribution in [3.05, 3.63) is 17.0 Å². The van der Waals surface area contributed by atoms with Gasteiger partial charge in [-0.25, -0.2) is 0 Å². The van der Waals surface area contributed by atoms with E-state index in [1.54, 1.807) is 0 Å². The molecule has 0 radical (unpaired) electrons. The van der Waals surface area contributed by atoms with E-state index < -0.39 is 0 Å². The maximum absolute atomic E-state index is 12.3. The SMILES string of the molecule is CC1CC(C)CN(CCCNC(=O)c2n[nH]c3c2CNCC3)C1. The van der Waals surface area contributed by atoms with Crippen LogP contribution in [0.3, 0.4) is 0 Å². The van der Waals surface area contributed by atoms with Crippen molar-refractivity contribution >= 4 is 5.91 Å². The fourth-order valence-corrected chi connectivity index (χ4v) is 3.98. The zero-order valence-corrected chi connectivity index (χ0v) is 14.3. The van der Waals surface area contributed by atoms with Gasteiger partial charge in [0.05, 0.1) is 0 Å². The van der Waals surface area contributed by atoms with Crippen molar-refractivity contribution in [2.75, 3.05) is 32.7 Å². The Morgan fingerprint density at radius 1 is 1.35 bits per heavy atom. The molecule has 2 atom stereocenters. The highest BCUT2D eigenvalue weighted by molar-refractivity contribution is 5.94. The number of piperidine rings is 1. The molecule has 6 nitrogen and oxygen atoms in total. The van der Waals surface area contributed by atoms with Crippen molar-refractivity contribution in [3.63, 3.8) is 0 Å². The first-order chi connectivity index (χ1) is 11.1. The molecule has 0 aromatic carbocycles. The van der Waals surface area contributed by atoms with Gasteiger partial charge in [-0.3, -0.25) is 9.89 Å². The molecular formula is C17H29N5O. The summed E-state index contributed by atoms with van der Waals surface area (Å²) in [5, 5.41) is 13.5. The molecule has 128 valence electrons. The average molecular weight is 319 g/mol. The summed E-state index contributed by atoms with van der Waals surface area (Å²) in [5.74, 6) is 1.53. The lowest BCUT2D eigenvalue weighted by Gasteiger charge is -2.34. The zero-order chi connectivity index (χ0) is 16.2. The van der Waals surface area contributed by atoms with Crippen LogP contribution in [0.1, 0.15) is 48.4 Å². The van der Waals surface area contributed by atoms with E-state index in [0.29, 0.717) is 12.2 Å². The molecular weight excluding hydrogens is 290 g/mol. The monoisotopic (exact) mass is 319 g/mol. The van der Waals surface area contributed by atoms with Crippen LogP contribution in [0.4, 0.5) is 0 Å². The number of nitrogens with zero attached hydrogens (tertiary/aromatic N) is 2. The van der Waals surface area contributed by atoms with E-state index in [2.05, 4.69) is 39.6 Å². The van der Waals surface area contributed by atoms with Gasteiger partial charge in [-0.1, -0.05) is 13.8 Å². The normalized spacial score (nSPS) is 25.1. The Bertz CT molecular complexity index is 531. The molecule has 1 amide bonds. The molecule has 2 aliphatic heterocycles. The van der Waals surface area contributed by atoms with Crippen molar-refractivity contribution in [3.8, 4) is 0 Å². The van der Waals surface area contributed by atoms with Gasteiger partial charge in [0.15, 0.2) is 5.69 Å². The number of nitrogens with one attached hydrogen (secondary N) is 3. The van der Waals surface area contributed by atoms with Crippen LogP contribution in [0, 0.1) is 11.8 Å². The van der Waals surface area contributed by atoms with E-state index in [-0.39, 0.29) is 5.91 Å². The molecule has 3 rings (SSSR count). The number of likely N-dealkylation sites (tertiary alicyclic amines) is 1. The van der Waals surface area contributed by atoms with Crippen LogP contribution in [0.2, 0.25) is 0 Å². The third-order valence-corrected chi connectivity index (χ3v) is 4.90. The molecule has 3 N–H and O–H groups in total. The number of aromatic nitrogens is 2. The summed E-state index contributed by atoms with van der Waals surface area (Å²) >= 11 is 0. The molecule has 0 spiro atoms. The fourth-order valence-electron chi connectivity index (χ4n) is 3.98. The Morgan fingerprint density at radius 2 is 2.13 bits per heavy atom. The van der Waals surface area contributed by atoms with Gasteiger partial charge in [0.25, 0.3) is 5.91 Å². The third-order valence-electron chi connectivity index (χ3n) is 4.90. The Hall–Kier alpha value is -1.40. The average Bonchev–Trinajstić information content (AvgIpc) is 2.94. The number of hydrogen-bond acceptors (Lipinski definition) is 4. The van der Waals surface area contributed by atoms with Crippen LogP contribution in [0.5, 0.6) is 0 Å². The Kier molecular flexibility index (Phi) is 5.33. The van der Waals surface area contributed by atoms with Crippen LogP contribution in [-0.4, -0.2) is 53.7 Å². The highest BCUT2D eigenvalue weighted by Gasteiger charge is 2.22. The summed E-state index contributed by atoms with van der Waals surface area (Å²) in [6, 6.07) is 0. The van der Waals surface area contributed by atoms with E-state index >= 15 is 0 Å². The quantitative estimate of drug-likeness (QED) is 0.712. The second kappa shape index (κ2) is 7.45. The molecule has 2 aliphatic rings. The van der Waals surface area contributed by atoms with Crippen molar-refractivity contribution in [2.45, 2.75) is 39.7 Å². The van der Waals surface area contributed by atoms with Gasteiger partial charge in [-0.2, -0.15) is 5.10 Å². The first-order valence-electron chi connectivity index (χ1n) is 8.91. The van der Waals surface area contributed by atoms with Gasteiger partial charge >= 0.3 is 0 Å². The summed E-state index contributed by atoms with van der Waals surface area (Å²) < 4.78 is 0. The molecule has 1 aromatic rings. The smallest absolute Gasteiger partial charge is 0.272 e. The van der Waals surface area contributed by atoms with E-state index in [1.807, 2.05) is 0 Å². The van der Waals surface area contributed by atoms with Crippen LogP contribution >= 0.6 is 0 Å². The minimum Gasteiger partial charge on any atom is -0.351 e. The molecule has 23 heavy (non-hydrogen) atoms.